The van der Waals surface area contributed by atoms with Crippen molar-refractivity contribution >= 4 is 52.2 Å². The molecular formula is C13H11NO6S2. The van der Waals surface area contributed by atoms with Crippen LogP contribution in [-0.4, -0.2) is 43.3 Å². The number of nitrogens with zero attached hydrogens (tertiary/aromatic N) is 1. The first-order valence-electron chi connectivity index (χ1n) is 6.15. The molecule has 1 amide bonds. The molecule has 1 saturated heterocycles. The zero-order valence-corrected chi connectivity index (χ0v) is 12.7. The molecule has 1 aliphatic heterocycles. The fourth-order valence-electron chi connectivity index (χ4n) is 1.87. The van der Waals surface area contributed by atoms with Crippen molar-refractivity contribution in [1.82, 2.24) is 4.90 Å². The van der Waals surface area contributed by atoms with Gasteiger partial charge < -0.3 is 14.6 Å². The number of carbonyl (C=O) groups is 3. The normalized spacial score (nSPS) is 18.0. The number of carboxylic acid groups (broad SMARTS) is 2. The smallest absolute Gasteiger partial charge is 0.326 e. The number of thioether (sulfide) groups is 1. The third-order valence-corrected chi connectivity index (χ3v) is 4.20. The highest BCUT2D eigenvalue weighted by Crippen LogP contribution is 2.34. The predicted octanol–water partition coefficient (Wildman–Crippen LogP) is 1.80. The lowest BCUT2D eigenvalue weighted by atomic mass is 10.1. The van der Waals surface area contributed by atoms with Gasteiger partial charge in [-0.1, -0.05) is 24.0 Å². The Balaban J connectivity index is 2.22. The van der Waals surface area contributed by atoms with Gasteiger partial charge in [-0.25, -0.2) is 4.79 Å². The Kier molecular flexibility index (Phi) is 4.99. The van der Waals surface area contributed by atoms with Crippen molar-refractivity contribution in [2.24, 2.45) is 0 Å². The Morgan fingerprint density at radius 1 is 1.45 bits per heavy atom. The molecule has 2 rings (SSSR count). The van der Waals surface area contributed by atoms with Gasteiger partial charge in [0.1, 0.15) is 16.1 Å². The summed E-state index contributed by atoms with van der Waals surface area (Å²) in [5, 5.41) is 17.9. The third kappa shape index (κ3) is 3.55. The number of carbonyl (C=O) groups excluding carboxylic acids is 1. The van der Waals surface area contributed by atoms with Crippen LogP contribution in [0.4, 0.5) is 0 Å². The molecule has 1 aliphatic rings. The van der Waals surface area contributed by atoms with Gasteiger partial charge in [0.25, 0.3) is 5.91 Å². The molecule has 9 heteroatoms. The van der Waals surface area contributed by atoms with Crippen molar-refractivity contribution in [3.8, 4) is 0 Å². The molecule has 0 aliphatic carbocycles. The predicted molar refractivity (Wildman–Crippen MR) is 82.0 cm³/mol. The molecular weight excluding hydrogens is 330 g/mol. The van der Waals surface area contributed by atoms with E-state index in [1.54, 1.807) is 12.1 Å². The van der Waals surface area contributed by atoms with Crippen LogP contribution in [0, 0.1) is 0 Å². The molecule has 116 valence electrons. The minimum atomic E-state index is -1.30. The average molecular weight is 341 g/mol. The van der Waals surface area contributed by atoms with Crippen LogP contribution < -0.4 is 0 Å². The van der Waals surface area contributed by atoms with Crippen molar-refractivity contribution in [2.75, 3.05) is 0 Å². The number of aliphatic carboxylic acids is 2. The van der Waals surface area contributed by atoms with Crippen LogP contribution in [0.25, 0.3) is 6.08 Å². The molecule has 1 aromatic rings. The zero-order chi connectivity index (χ0) is 16.3. The molecule has 2 N–H and O–H groups in total. The molecule has 1 fully saturated rings. The summed E-state index contributed by atoms with van der Waals surface area (Å²) < 4.78 is 5.19. The van der Waals surface area contributed by atoms with Crippen LogP contribution in [-0.2, 0) is 14.4 Å². The quantitative estimate of drug-likeness (QED) is 0.596. The second kappa shape index (κ2) is 6.75. The molecule has 7 nitrogen and oxygen atoms in total. The van der Waals surface area contributed by atoms with Gasteiger partial charge >= 0.3 is 11.9 Å². The first-order chi connectivity index (χ1) is 10.4. The van der Waals surface area contributed by atoms with Gasteiger partial charge in [0, 0.05) is 12.5 Å². The number of hydrogen-bond donors (Lipinski definition) is 2. The summed E-state index contributed by atoms with van der Waals surface area (Å²) in [6, 6.07) is 2.00. The average Bonchev–Trinajstić information content (AvgIpc) is 3.02. The van der Waals surface area contributed by atoms with E-state index in [1.807, 2.05) is 0 Å². The van der Waals surface area contributed by atoms with Crippen LogP contribution in [0.3, 0.4) is 0 Å². The topological polar surface area (TPSA) is 108 Å². The molecule has 1 aromatic heterocycles. The highest BCUT2D eigenvalue weighted by Gasteiger charge is 2.40. The van der Waals surface area contributed by atoms with Crippen LogP contribution in [0.15, 0.2) is 27.7 Å². The molecule has 2 heterocycles. The molecule has 0 bridgehead atoms. The van der Waals surface area contributed by atoms with Crippen molar-refractivity contribution in [3.05, 3.63) is 29.1 Å². The van der Waals surface area contributed by atoms with Crippen LogP contribution in [0.5, 0.6) is 0 Å². The van der Waals surface area contributed by atoms with Gasteiger partial charge in [-0.3, -0.25) is 14.5 Å². The molecule has 0 saturated carbocycles. The van der Waals surface area contributed by atoms with E-state index in [-0.39, 0.29) is 22.1 Å². The number of hydrogen-bond acceptors (Lipinski definition) is 6. The number of amides is 1. The second-order valence-corrected chi connectivity index (χ2v) is 6.03. The van der Waals surface area contributed by atoms with Gasteiger partial charge in [0.2, 0.25) is 0 Å². The van der Waals surface area contributed by atoms with Crippen LogP contribution >= 0.6 is 24.0 Å². The Bertz CT molecular complexity index is 651. The molecule has 0 spiro atoms. The van der Waals surface area contributed by atoms with E-state index < -0.39 is 23.9 Å². The Hall–Kier alpha value is -2.13. The highest BCUT2D eigenvalue weighted by molar-refractivity contribution is 8.26. The molecule has 0 radical (unpaired) electrons. The Labute approximate surface area is 134 Å². The zero-order valence-electron chi connectivity index (χ0n) is 11.1. The number of carboxylic acids is 2. The minimum absolute atomic E-state index is 0.0839. The first kappa shape index (κ1) is 16.2. The van der Waals surface area contributed by atoms with E-state index in [1.165, 1.54) is 12.3 Å². The van der Waals surface area contributed by atoms with E-state index in [0.29, 0.717) is 5.76 Å². The van der Waals surface area contributed by atoms with Crippen LogP contribution in [0.1, 0.15) is 18.6 Å². The second-order valence-electron chi connectivity index (χ2n) is 4.35. The monoisotopic (exact) mass is 341 g/mol. The van der Waals surface area contributed by atoms with Gasteiger partial charge in [-0.15, -0.1) is 0 Å². The Morgan fingerprint density at radius 3 is 2.73 bits per heavy atom. The summed E-state index contributed by atoms with van der Waals surface area (Å²) in [5.41, 5.74) is 0. The standard InChI is InChI=1S/C13H11NO6S2/c15-10(16)4-3-8(12(18)19)14-11(17)9(22-13(14)21)6-7-2-1-5-20-7/h1-2,5-6,8H,3-4H2,(H,15,16)(H,18,19). The highest BCUT2D eigenvalue weighted by atomic mass is 32.2. The van der Waals surface area contributed by atoms with E-state index in [4.69, 9.17) is 21.7 Å². The maximum atomic E-state index is 12.3. The summed E-state index contributed by atoms with van der Waals surface area (Å²) in [7, 11) is 0. The summed E-state index contributed by atoms with van der Waals surface area (Å²) in [4.78, 5) is 35.5. The lowest BCUT2D eigenvalue weighted by molar-refractivity contribution is -0.146. The summed E-state index contributed by atoms with van der Waals surface area (Å²) in [6.45, 7) is 0. The number of thiocarbonyl (C=S) groups is 1. The fraction of sp³-hybridized carbons (Fsp3) is 0.231. The fourth-order valence-corrected chi connectivity index (χ4v) is 3.21. The minimum Gasteiger partial charge on any atom is -0.481 e. The Morgan fingerprint density at radius 2 is 2.18 bits per heavy atom. The third-order valence-electron chi connectivity index (χ3n) is 2.87. The van der Waals surface area contributed by atoms with Gasteiger partial charge in [0.05, 0.1) is 11.2 Å². The summed E-state index contributed by atoms with van der Waals surface area (Å²) in [6.07, 6.45) is 2.32. The maximum absolute atomic E-state index is 12.3. The van der Waals surface area contributed by atoms with Gasteiger partial charge in [-0.05, 0) is 18.6 Å². The van der Waals surface area contributed by atoms with Crippen molar-refractivity contribution in [3.63, 3.8) is 0 Å². The summed E-state index contributed by atoms with van der Waals surface area (Å²) >= 11 is 6.01. The van der Waals surface area contributed by atoms with Crippen molar-refractivity contribution in [2.45, 2.75) is 18.9 Å². The number of furan rings is 1. The molecule has 0 aromatic carbocycles. The maximum Gasteiger partial charge on any atom is 0.326 e. The lowest BCUT2D eigenvalue weighted by Crippen LogP contribution is -2.44. The molecule has 1 atom stereocenters. The van der Waals surface area contributed by atoms with E-state index in [9.17, 15) is 19.5 Å². The number of rotatable bonds is 6. The van der Waals surface area contributed by atoms with Gasteiger partial charge in [-0.2, -0.15) is 0 Å². The van der Waals surface area contributed by atoms with Gasteiger partial charge in [0.15, 0.2) is 0 Å². The van der Waals surface area contributed by atoms with E-state index in [2.05, 4.69) is 0 Å². The van der Waals surface area contributed by atoms with E-state index >= 15 is 0 Å². The van der Waals surface area contributed by atoms with Crippen molar-refractivity contribution in [1.29, 1.82) is 0 Å². The molecule has 22 heavy (non-hydrogen) atoms. The molecule has 1 unspecified atom stereocenters. The largest absolute Gasteiger partial charge is 0.481 e. The summed E-state index contributed by atoms with van der Waals surface area (Å²) in [5.74, 6) is -2.55. The first-order valence-corrected chi connectivity index (χ1v) is 7.38. The lowest BCUT2D eigenvalue weighted by Gasteiger charge is -2.22. The van der Waals surface area contributed by atoms with Crippen molar-refractivity contribution < 1.29 is 29.0 Å². The van der Waals surface area contributed by atoms with Crippen LogP contribution in [0.2, 0.25) is 0 Å². The van der Waals surface area contributed by atoms with E-state index in [0.717, 1.165) is 16.7 Å². The SMILES string of the molecule is O=C(O)CCC(C(=O)O)N1C(=O)C(=Cc2ccco2)SC1=S.